The van der Waals surface area contributed by atoms with Gasteiger partial charge in [-0.15, -0.1) is 0 Å². The van der Waals surface area contributed by atoms with E-state index in [2.05, 4.69) is 10.0 Å². The number of carbonyl (C=O) groups excluding carboxylic acids is 1. The highest BCUT2D eigenvalue weighted by atomic mass is 32.2. The Morgan fingerprint density at radius 1 is 1.15 bits per heavy atom. The Morgan fingerprint density at radius 3 is 2.54 bits per heavy atom. The predicted octanol–water partition coefficient (Wildman–Crippen LogP) is 2.11. The molecule has 0 atom stereocenters. The minimum Gasteiger partial charge on any atom is -0.495 e. The molecule has 2 N–H and O–H groups in total. The van der Waals surface area contributed by atoms with Crippen molar-refractivity contribution in [3.8, 4) is 5.75 Å². The molecular formula is C19H22N2O4S. The van der Waals surface area contributed by atoms with Crippen molar-refractivity contribution in [1.82, 2.24) is 10.0 Å². The third-order valence-electron chi connectivity index (χ3n) is 4.16. The second-order valence-electron chi connectivity index (χ2n) is 6.25. The number of methoxy groups -OCH3 is 1. The van der Waals surface area contributed by atoms with E-state index in [1.807, 2.05) is 30.3 Å². The van der Waals surface area contributed by atoms with Crippen LogP contribution >= 0.6 is 0 Å². The van der Waals surface area contributed by atoms with E-state index in [0.29, 0.717) is 13.0 Å². The van der Waals surface area contributed by atoms with Gasteiger partial charge >= 0.3 is 0 Å². The van der Waals surface area contributed by atoms with Crippen LogP contribution in [-0.4, -0.2) is 34.0 Å². The minimum absolute atomic E-state index is 0.0115. The summed E-state index contributed by atoms with van der Waals surface area (Å²) in [5.74, 6) is -0.0922. The molecule has 0 heterocycles. The molecule has 138 valence electrons. The first-order valence-electron chi connectivity index (χ1n) is 8.52. The molecule has 0 saturated heterocycles. The van der Waals surface area contributed by atoms with E-state index in [1.54, 1.807) is 6.07 Å². The largest absolute Gasteiger partial charge is 0.495 e. The van der Waals surface area contributed by atoms with Gasteiger partial charge < -0.3 is 10.1 Å². The second-order valence-corrected chi connectivity index (χ2v) is 7.94. The van der Waals surface area contributed by atoms with E-state index in [1.165, 1.54) is 19.2 Å². The van der Waals surface area contributed by atoms with Gasteiger partial charge in [0.25, 0.3) is 5.91 Å². The van der Waals surface area contributed by atoms with Gasteiger partial charge in [-0.2, -0.15) is 0 Å². The Labute approximate surface area is 153 Å². The Hall–Kier alpha value is -2.38. The van der Waals surface area contributed by atoms with E-state index >= 15 is 0 Å². The molecule has 3 rings (SSSR count). The van der Waals surface area contributed by atoms with Crippen molar-refractivity contribution < 1.29 is 17.9 Å². The predicted molar refractivity (Wildman–Crippen MR) is 98.8 cm³/mol. The van der Waals surface area contributed by atoms with Crippen molar-refractivity contribution in [3.05, 3.63) is 59.7 Å². The molecule has 1 aliphatic carbocycles. The highest BCUT2D eigenvalue weighted by Crippen LogP contribution is 2.28. The van der Waals surface area contributed by atoms with E-state index < -0.39 is 10.0 Å². The number of nitrogens with one attached hydrogen (secondary N) is 2. The first kappa shape index (κ1) is 18.4. The summed E-state index contributed by atoms with van der Waals surface area (Å²) >= 11 is 0. The van der Waals surface area contributed by atoms with Crippen LogP contribution in [-0.2, 0) is 16.4 Å². The second kappa shape index (κ2) is 7.88. The number of rotatable bonds is 8. The fourth-order valence-electron chi connectivity index (χ4n) is 2.58. The molecule has 2 aromatic carbocycles. The molecule has 0 bridgehead atoms. The lowest BCUT2D eigenvalue weighted by molar-refractivity contribution is 0.0954. The zero-order valence-electron chi connectivity index (χ0n) is 14.6. The number of amides is 1. The van der Waals surface area contributed by atoms with Crippen LogP contribution in [0, 0.1) is 0 Å². The quantitative estimate of drug-likeness (QED) is 0.741. The van der Waals surface area contributed by atoms with Crippen molar-refractivity contribution in [1.29, 1.82) is 0 Å². The number of benzene rings is 2. The highest BCUT2D eigenvalue weighted by molar-refractivity contribution is 7.89. The zero-order chi connectivity index (χ0) is 18.6. The molecule has 0 radical (unpaired) electrons. The summed E-state index contributed by atoms with van der Waals surface area (Å²) in [6, 6.07) is 14.2. The maximum Gasteiger partial charge on any atom is 0.251 e. The third-order valence-corrected chi connectivity index (χ3v) is 5.70. The molecule has 1 saturated carbocycles. The molecule has 0 unspecified atom stereocenters. The number of hydrogen-bond donors (Lipinski definition) is 2. The number of ether oxygens (including phenoxy) is 1. The van der Waals surface area contributed by atoms with Crippen molar-refractivity contribution >= 4 is 15.9 Å². The normalized spacial score (nSPS) is 14.0. The van der Waals surface area contributed by atoms with Gasteiger partial charge in [0.15, 0.2) is 0 Å². The van der Waals surface area contributed by atoms with Gasteiger partial charge in [0.05, 0.1) is 7.11 Å². The lowest BCUT2D eigenvalue weighted by atomic mass is 10.1. The molecule has 0 aromatic heterocycles. The summed E-state index contributed by atoms with van der Waals surface area (Å²) in [6.45, 7) is 0.470. The summed E-state index contributed by atoms with van der Waals surface area (Å²) < 4.78 is 32.8. The van der Waals surface area contributed by atoms with Gasteiger partial charge in [-0.3, -0.25) is 4.79 Å². The van der Waals surface area contributed by atoms with Crippen LogP contribution in [0.25, 0.3) is 0 Å². The minimum atomic E-state index is -3.71. The fraction of sp³-hybridized carbons (Fsp3) is 0.316. The lowest BCUT2D eigenvalue weighted by Gasteiger charge is -2.12. The molecule has 6 nitrogen and oxygen atoms in total. The highest BCUT2D eigenvalue weighted by Gasteiger charge is 2.30. The lowest BCUT2D eigenvalue weighted by Crippen LogP contribution is -2.28. The third kappa shape index (κ3) is 4.62. The van der Waals surface area contributed by atoms with Crippen LogP contribution < -0.4 is 14.8 Å². The summed E-state index contributed by atoms with van der Waals surface area (Å²) in [5.41, 5.74) is 1.41. The smallest absolute Gasteiger partial charge is 0.251 e. The van der Waals surface area contributed by atoms with Gasteiger partial charge in [0, 0.05) is 18.2 Å². The first-order valence-corrected chi connectivity index (χ1v) is 10.0. The average Bonchev–Trinajstić information content (AvgIpc) is 3.45. The van der Waals surface area contributed by atoms with E-state index in [4.69, 9.17) is 4.74 Å². The Kier molecular flexibility index (Phi) is 5.58. The van der Waals surface area contributed by atoms with Crippen LogP contribution in [0.3, 0.4) is 0 Å². The SMILES string of the molecule is COc1ccc(C(=O)NCCc2ccccc2)cc1S(=O)(=O)NC1CC1. The summed E-state index contributed by atoms with van der Waals surface area (Å²) in [4.78, 5) is 12.4. The van der Waals surface area contributed by atoms with Crippen molar-refractivity contribution in [2.45, 2.75) is 30.2 Å². The zero-order valence-corrected chi connectivity index (χ0v) is 15.4. The molecule has 1 aliphatic rings. The van der Waals surface area contributed by atoms with Gasteiger partial charge in [0.1, 0.15) is 10.6 Å². The molecule has 7 heteroatoms. The summed E-state index contributed by atoms with van der Waals surface area (Å²) in [6.07, 6.45) is 2.37. The first-order chi connectivity index (χ1) is 12.5. The number of carbonyl (C=O) groups is 1. The van der Waals surface area contributed by atoms with Crippen molar-refractivity contribution in [3.63, 3.8) is 0 Å². The Morgan fingerprint density at radius 2 is 1.88 bits per heavy atom. The molecule has 1 fully saturated rings. The molecule has 2 aromatic rings. The van der Waals surface area contributed by atoms with E-state index in [0.717, 1.165) is 18.4 Å². The molecular weight excluding hydrogens is 352 g/mol. The van der Waals surface area contributed by atoms with Gasteiger partial charge in [-0.25, -0.2) is 13.1 Å². The number of hydrogen-bond acceptors (Lipinski definition) is 4. The van der Waals surface area contributed by atoms with Gasteiger partial charge in [-0.1, -0.05) is 30.3 Å². The van der Waals surface area contributed by atoms with Crippen LogP contribution in [0.15, 0.2) is 53.4 Å². The van der Waals surface area contributed by atoms with Crippen molar-refractivity contribution in [2.24, 2.45) is 0 Å². The maximum absolute atomic E-state index is 12.5. The van der Waals surface area contributed by atoms with E-state index in [-0.39, 0.29) is 28.2 Å². The van der Waals surface area contributed by atoms with Crippen LogP contribution in [0.5, 0.6) is 5.75 Å². The molecule has 0 spiro atoms. The Bertz CT molecular complexity index is 878. The van der Waals surface area contributed by atoms with Crippen LogP contribution in [0.4, 0.5) is 0 Å². The molecule has 26 heavy (non-hydrogen) atoms. The van der Waals surface area contributed by atoms with E-state index in [9.17, 15) is 13.2 Å². The Balaban J connectivity index is 1.71. The molecule has 0 aliphatic heterocycles. The number of sulfonamides is 1. The molecule has 1 amide bonds. The van der Waals surface area contributed by atoms with Gasteiger partial charge in [-0.05, 0) is 43.0 Å². The van der Waals surface area contributed by atoms with Crippen LogP contribution in [0.2, 0.25) is 0 Å². The average molecular weight is 374 g/mol. The summed E-state index contributed by atoms with van der Waals surface area (Å²) in [5, 5.41) is 2.82. The van der Waals surface area contributed by atoms with Crippen LogP contribution in [0.1, 0.15) is 28.8 Å². The fourth-order valence-corrected chi connectivity index (χ4v) is 4.08. The monoisotopic (exact) mass is 374 g/mol. The topological polar surface area (TPSA) is 84.5 Å². The maximum atomic E-state index is 12.5. The van der Waals surface area contributed by atoms with Gasteiger partial charge in [0.2, 0.25) is 10.0 Å². The standard InChI is InChI=1S/C19H22N2O4S/c1-25-17-10-7-15(13-18(17)26(23,24)21-16-8-9-16)19(22)20-12-11-14-5-3-2-4-6-14/h2-7,10,13,16,21H,8-9,11-12H2,1H3,(H,20,22). The van der Waals surface area contributed by atoms with Crippen molar-refractivity contribution in [2.75, 3.05) is 13.7 Å². The summed E-state index contributed by atoms with van der Waals surface area (Å²) in [7, 11) is -2.31.